The second-order valence-electron chi connectivity index (χ2n) is 4.51. The van der Waals surface area contributed by atoms with Crippen molar-refractivity contribution in [1.29, 1.82) is 0 Å². The second kappa shape index (κ2) is 7.59. The molecule has 0 unspecified atom stereocenters. The van der Waals surface area contributed by atoms with E-state index in [4.69, 9.17) is 11.6 Å². The maximum Gasteiger partial charge on any atom is 0.269 e. The van der Waals surface area contributed by atoms with Crippen LogP contribution in [0.2, 0.25) is 5.02 Å². The number of nitrogens with zero attached hydrogens (tertiary/aromatic N) is 2. The predicted molar refractivity (Wildman–Crippen MR) is 89.2 cm³/mol. The molecule has 0 amide bonds. The van der Waals surface area contributed by atoms with E-state index in [0.29, 0.717) is 17.3 Å². The summed E-state index contributed by atoms with van der Waals surface area (Å²) >= 11 is 9.51. The Labute approximate surface area is 136 Å². The number of hydrogen-bond donors (Lipinski definition) is 2. The SMILES string of the molecule is CNCCNc1cnn(Cc2ccc(Br)cc2Cl)c(=O)c1. The number of likely N-dealkylation sites (N-methyl/N-ethyl adjacent to an activating group) is 1. The quantitative estimate of drug-likeness (QED) is 0.765. The summed E-state index contributed by atoms with van der Waals surface area (Å²) < 4.78 is 2.29. The Morgan fingerprint density at radius 3 is 2.81 bits per heavy atom. The largest absolute Gasteiger partial charge is 0.382 e. The van der Waals surface area contributed by atoms with Crippen LogP contribution >= 0.6 is 27.5 Å². The molecule has 0 bridgehead atoms. The highest BCUT2D eigenvalue weighted by atomic mass is 79.9. The van der Waals surface area contributed by atoms with Crippen LogP contribution in [0.1, 0.15) is 5.56 Å². The summed E-state index contributed by atoms with van der Waals surface area (Å²) in [5.74, 6) is 0. The van der Waals surface area contributed by atoms with E-state index in [9.17, 15) is 4.79 Å². The monoisotopic (exact) mass is 370 g/mol. The fourth-order valence-electron chi connectivity index (χ4n) is 1.79. The van der Waals surface area contributed by atoms with Gasteiger partial charge in [-0.1, -0.05) is 33.6 Å². The topological polar surface area (TPSA) is 59.0 Å². The molecule has 0 saturated carbocycles. The first-order chi connectivity index (χ1) is 10.1. The molecule has 0 spiro atoms. The molecular formula is C14H16BrClN4O. The Kier molecular flexibility index (Phi) is 5.78. The molecule has 0 aliphatic carbocycles. The summed E-state index contributed by atoms with van der Waals surface area (Å²) in [6, 6.07) is 7.10. The van der Waals surface area contributed by atoms with E-state index in [1.54, 1.807) is 12.3 Å². The van der Waals surface area contributed by atoms with Gasteiger partial charge >= 0.3 is 0 Å². The lowest BCUT2D eigenvalue weighted by atomic mass is 10.2. The molecule has 2 N–H and O–H groups in total. The molecule has 0 aliphatic rings. The first-order valence-corrected chi connectivity index (χ1v) is 7.67. The number of anilines is 1. The smallest absolute Gasteiger partial charge is 0.269 e. The number of nitrogens with one attached hydrogen (secondary N) is 2. The standard InChI is InChI=1S/C14H16BrClN4O/c1-17-4-5-18-12-7-14(21)20(19-8-12)9-10-2-3-11(15)6-13(10)16/h2-3,6-8,17-18H,4-5,9H2,1H3. The average molecular weight is 372 g/mol. The van der Waals surface area contributed by atoms with Crippen molar-refractivity contribution in [3.05, 3.63) is 55.9 Å². The summed E-state index contributed by atoms with van der Waals surface area (Å²) in [4.78, 5) is 12.0. The van der Waals surface area contributed by atoms with Crippen molar-refractivity contribution in [1.82, 2.24) is 15.1 Å². The molecule has 112 valence electrons. The molecule has 1 heterocycles. The Bertz CT molecular complexity index is 674. The molecule has 0 aliphatic heterocycles. The van der Waals surface area contributed by atoms with E-state index in [1.165, 1.54) is 10.7 Å². The van der Waals surface area contributed by atoms with Crippen molar-refractivity contribution in [3.63, 3.8) is 0 Å². The summed E-state index contributed by atoms with van der Waals surface area (Å²) in [5.41, 5.74) is 1.40. The summed E-state index contributed by atoms with van der Waals surface area (Å²) in [7, 11) is 1.87. The molecule has 1 aromatic heterocycles. The molecule has 5 nitrogen and oxygen atoms in total. The minimum atomic E-state index is -0.163. The van der Waals surface area contributed by atoms with Crippen molar-refractivity contribution in [2.75, 3.05) is 25.5 Å². The van der Waals surface area contributed by atoms with Gasteiger partial charge in [-0.25, -0.2) is 4.68 Å². The highest BCUT2D eigenvalue weighted by Crippen LogP contribution is 2.21. The normalized spacial score (nSPS) is 10.6. The van der Waals surface area contributed by atoms with E-state index in [1.807, 2.05) is 19.2 Å². The summed E-state index contributed by atoms with van der Waals surface area (Å²) in [6.45, 7) is 1.90. The highest BCUT2D eigenvalue weighted by molar-refractivity contribution is 9.10. The number of hydrogen-bond acceptors (Lipinski definition) is 4. The van der Waals surface area contributed by atoms with Crippen molar-refractivity contribution >= 4 is 33.2 Å². The van der Waals surface area contributed by atoms with Gasteiger partial charge in [-0.15, -0.1) is 0 Å². The van der Waals surface area contributed by atoms with E-state index >= 15 is 0 Å². The lowest BCUT2D eigenvalue weighted by molar-refractivity contribution is 0.639. The van der Waals surface area contributed by atoms with Gasteiger partial charge in [-0.3, -0.25) is 4.79 Å². The van der Waals surface area contributed by atoms with Gasteiger partial charge in [0.2, 0.25) is 0 Å². The van der Waals surface area contributed by atoms with Crippen LogP contribution in [-0.4, -0.2) is 29.9 Å². The van der Waals surface area contributed by atoms with Crippen molar-refractivity contribution < 1.29 is 0 Å². The van der Waals surface area contributed by atoms with Crippen LogP contribution in [-0.2, 0) is 6.54 Å². The van der Waals surface area contributed by atoms with Crippen LogP contribution in [0, 0.1) is 0 Å². The van der Waals surface area contributed by atoms with E-state index in [-0.39, 0.29) is 5.56 Å². The van der Waals surface area contributed by atoms with Gasteiger partial charge in [0.25, 0.3) is 5.56 Å². The third-order valence-corrected chi connectivity index (χ3v) is 3.75. The zero-order valence-electron chi connectivity index (χ0n) is 11.6. The number of benzene rings is 1. The zero-order valence-corrected chi connectivity index (χ0v) is 13.9. The van der Waals surface area contributed by atoms with Gasteiger partial charge in [-0.05, 0) is 24.7 Å². The van der Waals surface area contributed by atoms with Crippen molar-refractivity contribution in [2.24, 2.45) is 0 Å². The van der Waals surface area contributed by atoms with Crippen LogP contribution < -0.4 is 16.2 Å². The molecule has 7 heteroatoms. The van der Waals surface area contributed by atoms with Crippen LogP contribution in [0.5, 0.6) is 0 Å². The van der Waals surface area contributed by atoms with Gasteiger partial charge in [0.15, 0.2) is 0 Å². The minimum Gasteiger partial charge on any atom is -0.382 e. The fourth-order valence-corrected chi connectivity index (χ4v) is 2.53. The van der Waals surface area contributed by atoms with E-state index < -0.39 is 0 Å². The molecule has 2 rings (SSSR count). The fraction of sp³-hybridized carbons (Fsp3) is 0.286. The van der Waals surface area contributed by atoms with Crippen LogP contribution in [0.15, 0.2) is 39.7 Å². The number of rotatable bonds is 6. The van der Waals surface area contributed by atoms with Crippen LogP contribution in [0.25, 0.3) is 0 Å². The molecule has 21 heavy (non-hydrogen) atoms. The maximum atomic E-state index is 12.0. The molecular weight excluding hydrogens is 356 g/mol. The lowest BCUT2D eigenvalue weighted by Crippen LogP contribution is -2.24. The Morgan fingerprint density at radius 1 is 1.33 bits per heavy atom. The minimum absolute atomic E-state index is 0.163. The zero-order chi connectivity index (χ0) is 15.2. The number of aromatic nitrogens is 2. The molecule has 1 aromatic carbocycles. The molecule has 0 saturated heterocycles. The first-order valence-electron chi connectivity index (χ1n) is 6.49. The molecule has 0 atom stereocenters. The second-order valence-corrected chi connectivity index (χ2v) is 5.83. The molecule has 0 radical (unpaired) electrons. The van der Waals surface area contributed by atoms with Gasteiger partial charge in [0.05, 0.1) is 18.4 Å². The average Bonchev–Trinajstić information content (AvgIpc) is 2.44. The van der Waals surface area contributed by atoms with Crippen molar-refractivity contribution in [2.45, 2.75) is 6.54 Å². The van der Waals surface area contributed by atoms with Crippen LogP contribution in [0.3, 0.4) is 0 Å². The molecule has 0 fully saturated rings. The predicted octanol–water partition coefficient (Wildman–Crippen LogP) is 2.34. The van der Waals surface area contributed by atoms with Crippen molar-refractivity contribution in [3.8, 4) is 0 Å². The Morgan fingerprint density at radius 2 is 2.14 bits per heavy atom. The van der Waals surface area contributed by atoms with E-state index in [2.05, 4.69) is 31.7 Å². The lowest BCUT2D eigenvalue weighted by Gasteiger charge is -2.09. The summed E-state index contributed by atoms with van der Waals surface area (Å²) in [5, 5.41) is 10.9. The third kappa shape index (κ3) is 4.56. The highest BCUT2D eigenvalue weighted by Gasteiger charge is 2.05. The number of halogens is 2. The summed E-state index contributed by atoms with van der Waals surface area (Å²) in [6.07, 6.45) is 1.64. The van der Waals surface area contributed by atoms with Gasteiger partial charge in [0, 0.05) is 28.7 Å². The third-order valence-electron chi connectivity index (χ3n) is 2.91. The van der Waals surface area contributed by atoms with E-state index in [0.717, 1.165) is 23.1 Å². The van der Waals surface area contributed by atoms with Gasteiger partial charge in [0.1, 0.15) is 0 Å². The Balaban J connectivity index is 2.12. The first kappa shape index (κ1) is 16.0. The van der Waals surface area contributed by atoms with Crippen LogP contribution in [0.4, 0.5) is 5.69 Å². The Hall–Kier alpha value is -1.37. The van der Waals surface area contributed by atoms with Gasteiger partial charge in [-0.2, -0.15) is 5.10 Å². The molecule has 2 aromatic rings. The maximum absolute atomic E-state index is 12.0. The van der Waals surface area contributed by atoms with Gasteiger partial charge < -0.3 is 10.6 Å².